The van der Waals surface area contributed by atoms with E-state index in [1.54, 1.807) is 12.1 Å². The molecule has 0 atom stereocenters. The zero-order chi connectivity index (χ0) is 39.2. The van der Waals surface area contributed by atoms with Crippen molar-refractivity contribution in [2.24, 2.45) is 5.73 Å². The Bertz CT molecular complexity index is 1900. The molecule has 3 heteroatoms. The topological polar surface area (TPSA) is 55.1 Å². The Morgan fingerprint density at radius 1 is 0.491 bits per heavy atom. The Balaban J connectivity index is 0.000000209. The van der Waals surface area contributed by atoms with Crippen LogP contribution in [0.15, 0.2) is 205 Å². The van der Waals surface area contributed by atoms with Crippen molar-refractivity contribution in [1.82, 2.24) is 5.32 Å². The van der Waals surface area contributed by atoms with Crippen LogP contribution in [0.25, 0.3) is 0 Å². The highest BCUT2D eigenvalue weighted by atomic mass is 16.1. The first-order valence-corrected chi connectivity index (χ1v) is 19.3. The van der Waals surface area contributed by atoms with Crippen molar-refractivity contribution in [2.45, 2.75) is 57.9 Å². The number of benzene rings is 6. The molecule has 0 heterocycles. The fraction of sp³-hybridized carbons (Fsp3) is 0.212. The highest BCUT2D eigenvalue weighted by molar-refractivity contribution is 5.74. The third-order valence-corrected chi connectivity index (χ3v) is 9.91. The number of aldehydes is 1. The minimum Gasteiger partial charge on any atom is -0.329 e. The van der Waals surface area contributed by atoms with Gasteiger partial charge in [0.15, 0.2) is 0 Å². The second-order valence-corrected chi connectivity index (χ2v) is 14.4. The maximum Gasteiger partial charge on any atom is 0.150 e. The summed E-state index contributed by atoms with van der Waals surface area (Å²) in [6, 6.07) is 62.7. The van der Waals surface area contributed by atoms with Crippen molar-refractivity contribution in [3.05, 3.63) is 239 Å². The first kappa shape index (κ1) is 42.1. The van der Waals surface area contributed by atoms with Gasteiger partial charge in [0.2, 0.25) is 0 Å². The van der Waals surface area contributed by atoms with Crippen molar-refractivity contribution in [1.29, 1.82) is 0 Å². The predicted octanol–water partition coefficient (Wildman–Crippen LogP) is 11.9. The normalized spacial score (nSPS) is 10.8. The number of carbonyl (C=O) groups excluding carboxylic acids is 1. The Hall–Kier alpha value is -5.61. The number of carbonyl (C=O) groups is 1. The van der Waals surface area contributed by atoms with Gasteiger partial charge in [0.25, 0.3) is 0 Å². The minimum atomic E-state index is -0.139. The van der Waals surface area contributed by atoms with E-state index >= 15 is 0 Å². The van der Waals surface area contributed by atoms with E-state index in [0.717, 1.165) is 37.8 Å². The lowest BCUT2D eigenvalue weighted by Gasteiger charge is -2.35. The third kappa shape index (κ3) is 12.7. The van der Waals surface area contributed by atoms with Gasteiger partial charge in [-0.3, -0.25) is 4.79 Å². The van der Waals surface area contributed by atoms with Gasteiger partial charge < -0.3 is 11.1 Å². The zero-order valence-corrected chi connectivity index (χ0v) is 33.1. The summed E-state index contributed by atoms with van der Waals surface area (Å²) in [7, 11) is 0. The number of allylic oxidation sites excluding steroid dienone is 4. The molecule has 0 saturated carbocycles. The van der Waals surface area contributed by atoms with Crippen LogP contribution in [0.4, 0.5) is 0 Å². The third-order valence-electron chi connectivity index (χ3n) is 9.91. The van der Waals surface area contributed by atoms with Gasteiger partial charge in [-0.15, -0.1) is 0 Å². The number of nitrogens with one attached hydrogen (secondary N) is 1. The SMILES string of the molecule is CC(C)=CCC(CN)(c1ccccc1)c1ccccc1.CC(C)=CCC(CNCc1ccccc1)(c1ccccc1)c1ccccc1.O=Cc1ccccc1. The number of nitrogens with two attached hydrogens (primary N) is 1. The molecule has 0 radical (unpaired) electrons. The molecule has 55 heavy (non-hydrogen) atoms. The summed E-state index contributed by atoms with van der Waals surface area (Å²) in [5.74, 6) is 0. The summed E-state index contributed by atoms with van der Waals surface area (Å²) in [6.07, 6.45) is 7.39. The van der Waals surface area contributed by atoms with Crippen molar-refractivity contribution in [2.75, 3.05) is 13.1 Å². The zero-order valence-electron chi connectivity index (χ0n) is 33.1. The van der Waals surface area contributed by atoms with Crippen LogP contribution < -0.4 is 11.1 Å². The number of hydrogen-bond donors (Lipinski definition) is 2. The quantitative estimate of drug-likeness (QED) is 0.0868. The molecule has 6 aromatic rings. The molecule has 6 rings (SSSR count). The molecule has 0 amide bonds. The van der Waals surface area contributed by atoms with Crippen LogP contribution >= 0.6 is 0 Å². The van der Waals surface area contributed by atoms with Crippen LogP contribution in [0, 0.1) is 0 Å². The standard InChI is InChI=1S/C26H29N.C19H23N.C7H6O/c1-22(2)18-19-26(24-14-8-4-9-15-24,25-16-10-5-11-17-25)21-27-20-23-12-6-3-7-13-23;1-16(2)13-14-19(15-20,17-9-5-3-6-10-17)18-11-7-4-8-12-18;8-6-7-4-2-1-3-5-7/h3-18,27H,19-21H2,1-2H3;3-13H,14-15,20H2,1-2H3;1-6H. The predicted molar refractivity (Wildman–Crippen MR) is 234 cm³/mol. The molecule has 0 unspecified atom stereocenters. The van der Waals surface area contributed by atoms with Crippen molar-refractivity contribution >= 4 is 6.29 Å². The Kier molecular flexibility index (Phi) is 17.3. The van der Waals surface area contributed by atoms with Gasteiger partial charge in [0, 0.05) is 36.0 Å². The average molecular weight is 727 g/mol. The second-order valence-electron chi connectivity index (χ2n) is 14.4. The fourth-order valence-electron chi connectivity index (χ4n) is 6.73. The molecule has 0 aliphatic rings. The summed E-state index contributed by atoms with van der Waals surface area (Å²) < 4.78 is 0. The molecule has 0 aromatic heterocycles. The smallest absolute Gasteiger partial charge is 0.150 e. The summed E-state index contributed by atoms with van der Waals surface area (Å²) in [4.78, 5) is 10.0. The van der Waals surface area contributed by atoms with Crippen LogP contribution in [0.1, 0.15) is 78.7 Å². The van der Waals surface area contributed by atoms with E-state index in [4.69, 9.17) is 5.73 Å². The van der Waals surface area contributed by atoms with E-state index in [0.29, 0.717) is 6.54 Å². The second kappa shape index (κ2) is 22.6. The van der Waals surface area contributed by atoms with Crippen molar-refractivity contribution < 1.29 is 4.79 Å². The molecule has 3 N–H and O–H groups in total. The lowest BCUT2D eigenvalue weighted by atomic mass is 9.71. The molecular weight excluding hydrogens is 669 g/mol. The van der Waals surface area contributed by atoms with Gasteiger partial charge in [0.05, 0.1) is 0 Å². The van der Waals surface area contributed by atoms with E-state index < -0.39 is 0 Å². The van der Waals surface area contributed by atoms with Crippen LogP contribution in [0.3, 0.4) is 0 Å². The first-order chi connectivity index (χ1) is 26.8. The summed E-state index contributed by atoms with van der Waals surface area (Å²) in [5.41, 5.74) is 16.0. The monoisotopic (exact) mass is 726 g/mol. The Labute approximate surface area is 330 Å². The molecule has 3 nitrogen and oxygen atoms in total. The molecule has 0 spiro atoms. The molecule has 6 aromatic carbocycles. The first-order valence-electron chi connectivity index (χ1n) is 19.3. The summed E-state index contributed by atoms with van der Waals surface area (Å²) in [6.45, 7) is 11.0. The van der Waals surface area contributed by atoms with Gasteiger partial charge in [-0.1, -0.05) is 205 Å². The van der Waals surface area contributed by atoms with Crippen LogP contribution in [0.2, 0.25) is 0 Å². The maximum absolute atomic E-state index is 10.0. The maximum atomic E-state index is 10.0. The van der Waals surface area contributed by atoms with Gasteiger partial charge in [-0.2, -0.15) is 0 Å². The average Bonchev–Trinajstić information content (AvgIpc) is 3.25. The lowest BCUT2D eigenvalue weighted by molar-refractivity contribution is 0.112. The van der Waals surface area contributed by atoms with Crippen LogP contribution in [-0.2, 0) is 17.4 Å². The van der Waals surface area contributed by atoms with E-state index in [9.17, 15) is 4.79 Å². The molecule has 0 fully saturated rings. The molecule has 0 bridgehead atoms. The highest BCUT2D eigenvalue weighted by Gasteiger charge is 2.33. The highest BCUT2D eigenvalue weighted by Crippen LogP contribution is 2.37. The number of rotatable bonds is 14. The number of hydrogen-bond acceptors (Lipinski definition) is 3. The van der Waals surface area contributed by atoms with E-state index in [2.05, 4.69) is 197 Å². The summed E-state index contributed by atoms with van der Waals surface area (Å²) >= 11 is 0. The van der Waals surface area contributed by atoms with Crippen molar-refractivity contribution in [3.63, 3.8) is 0 Å². The van der Waals surface area contributed by atoms with Gasteiger partial charge in [-0.25, -0.2) is 0 Å². The molecule has 0 aliphatic carbocycles. The van der Waals surface area contributed by atoms with Gasteiger partial charge in [0.1, 0.15) is 6.29 Å². The molecule has 0 saturated heterocycles. The Morgan fingerprint density at radius 3 is 1.15 bits per heavy atom. The van der Waals surface area contributed by atoms with Crippen molar-refractivity contribution in [3.8, 4) is 0 Å². The fourth-order valence-corrected chi connectivity index (χ4v) is 6.73. The Morgan fingerprint density at radius 2 is 0.818 bits per heavy atom. The van der Waals surface area contributed by atoms with Crippen LogP contribution in [-0.4, -0.2) is 19.4 Å². The summed E-state index contributed by atoms with van der Waals surface area (Å²) in [5, 5.41) is 3.73. The molecule has 0 aliphatic heterocycles. The largest absolute Gasteiger partial charge is 0.329 e. The van der Waals surface area contributed by atoms with Crippen LogP contribution in [0.5, 0.6) is 0 Å². The van der Waals surface area contributed by atoms with E-state index in [1.165, 1.54) is 39.0 Å². The molecular formula is C52H58N2O. The minimum absolute atomic E-state index is 0.0887. The molecule has 282 valence electrons. The van der Waals surface area contributed by atoms with E-state index in [-0.39, 0.29) is 10.8 Å². The lowest BCUT2D eigenvalue weighted by Crippen LogP contribution is -2.39. The van der Waals surface area contributed by atoms with Gasteiger partial charge >= 0.3 is 0 Å². The van der Waals surface area contributed by atoms with E-state index in [1.807, 2.05) is 18.2 Å². The van der Waals surface area contributed by atoms with Gasteiger partial charge in [-0.05, 0) is 68.4 Å².